The van der Waals surface area contributed by atoms with Crippen molar-refractivity contribution in [2.75, 3.05) is 20.2 Å². The summed E-state index contributed by atoms with van der Waals surface area (Å²) >= 11 is 0. The normalized spacial score (nSPS) is 24.1. The number of aliphatic hydroxyl groups excluding tert-OH is 1. The number of fused-ring (bicyclic) bond motifs is 1. The molecule has 9 nitrogen and oxygen atoms in total. The monoisotopic (exact) mass is 511 g/mol. The van der Waals surface area contributed by atoms with Crippen LogP contribution in [0, 0.1) is 6.92 Å². The molecule has 0 bridgehead atoms. The Morgan fingerprint density at radius 1 is 1.19 bits per heavy atom. The molecule has 2 aromatic heterocycles. The number of ether oxygens (including phenoxy) is 2. The van der Waals surface area contributed by atoms with Crippen molar-refractivity contribution < 1.29 is 23.8 Å². The van der Waals surface area contributed by atoms with Gasteiger partial charge >= 0.3 is 12.1 Å². The number of aromatic nitrogens is 4. The van der Waals surface area contributed by atoms with E-state index in [1.54, 1.807) is 31.6 Å². The van der Waals surface area contributed by atoms with Crippen LogP contribution in [0.3, 0.4) is 0 Å². The molecule has 2 unspecified atom stereocenters. The van der Waals surface area contributed by atoms with Crippen LogP contribution in [0.15, 0.2) is 24.4 Å². The maximum absolute atomic E-state index is 15.5. The van der Waals surface area contributed by atoms with Crippen molar-refractivity contribution in [1.82, 2.24) is 24.6 Å². The highest BCUT2D eigenvalue weighted by atomic mass is 19.1. The van der Waals surface area contributed by atoms with Crippen LogP contribution in [0.5, 0.6) is 6.01 Å². The molecule has 0 radical (unpaired) electrons. The fraction of sp³-hybridized carbons (Fsp3) is 0.556. The highest BCUT2D eigenvalue weighted by Gasteiger charge is 2.35. The Hall–Kier alpha value is -3.27. The molecular formula is C27H34FN5O4. The smallest absolute Gasteiger partial charge is 0.410 e. The Balaban J connectivity index is 1.44. The van der Waals surface area contributed by atoms with E-state index in [4.69, 9.17) is 9.47 Å². The van der Waals surface area contributed by atoms with Gasteiger partial charge in [0.25, 0.3) is 0 Å². The number of piperidine rings is 1. The number of likely N-dealkylation sites (tertiary alicyclic amines) is 1. The number of halogens is 1. The third-order valence-corrected chi connectivity index (χ3v) is 7.19. The number of carbonyl (C=O) groups excluding carboxylic acids is 1. The van der Waals surface area contributed by atoms with Gasteiger partial charge in [0.1, 0.15) is 11.8 Å². The summed E-state index contributed by atoms with van der Waals surface area (Å²) in [5, 5.41) is 15.2. The van der Waals surface area contributed by atoms with E-state index in [-0.39, 0.29) is 30.5 Å². The van der Waals surface area contributed by atoms with Gasteiger partial charge in [-0.1, -0.05) is 0 Å². The molecule has 5 rings (SSSR count). The van der Waals surface area contributed by atoms with Crippen molar-refractivity contribution in [2.45, 2.75) is 76.7 Å². The van der Waals surface area contributed by atoms with Crippen LogP contribution in [-0.4, -0.2) is 73.9 Å². The maximum Gasteiger partial charge on any atom is 0.410 e. The minimum Gasteiger partial charge on any atom is -0.467 e. The summed E-state index contributed by atoms with van der Waals surface area (Å²) in [7, 11) is 1.52. The number of carbonyl (C=O) groups is 1. The Kier molecular flexibility index (Phi) is 6.55. The van der Waals surface area contributed by atoms with E-state index >= 15 is 4.39 Å². The summed E-state index contributed by atoms with van der Waals surface area (Å²) in [5.74, 6) is 0.357. The third-order valence-electron chi connectivity index (χ3n) is 7.19. The van der Waals surface area contributed by atoms with Gasteiger partial charge in [-0.15, -0.1) is 0 Å². The third kappa shape index (κ3) is 5.12. The van der Waals surface area contributed by atoms with Gasteiger partial charge in [-0.05, 0) is 70.2 Å². The van der Waals surface area contributed by atoms with Gasteiger partial charge in [-0.2, -0.15) is 15.1 Å². The highest BCUT2D eigenvalue weighted by molar-refractivity contribution is 5.82. The number of alkyl halides is 1. The molecule has 37 heavy (non-hydrogen) atoms. The first kappa shape index (κ1) is 25.4. The summed E-state index contributed by atoms with van der Waals surface area (Å²) in [4.78, 5) is 22.9. The van der Waals surface area contributed by atoms with Crippen molar-refractivity contribution >= 4 is 17.0 Å². The number of hydrogen-bond donors (Lipinski definition) is 1. The molecule has 1 saturated heterocycles. The lowest BCUT2D eigenvalue weighted by Gasteiger charge is -2.36. The van der Waals surface area contributed by atoms with Gasteiger partial charge in [0.2, 0.25) is 0 Å². The van der Waals surface area contributed by atoms with Crippen LogP contribution in [0.2, 0.25) is 0 Å². The van der Waals surface area contributed by atoms with Gasteiger partial charge in [-0.25, -0.2) is 13.9 Å². The van der Waals surface area contributed by atoms with Crippen LogP contribution in [0.1, 0.15) is 68.7 Å². The van der Waals surface area contributed by atoms with E-state index in [1.807, 2.05) is 25.1 Å². The van der Waals surface area contributed by atoms with E-state index in [0.717, 1.165) is 27.7 Å². The first-order valence-corrected chi connectivity index (χ1v) is 12.7. The fourth-order valence-electron chi connectivity index (χ4n) is 5.20. The fourth-order valence-corrected chi connectivity index (χ4v) is 5.20. The van der Waals surface area contributed by atoms with E-state index in [2.05, 4.69) is 15.1 Å². The molecule has 1 aromatic carbocycles. The van der Waals surface area contributed by atoms with Gasteiger partial charge in [-0.3, -0.25) is 0 Å². The molecule has 2 fully saturated rings. The Morgan fingerprint density at radius 2 is 1.95 bits per heavy atom. The van der Waals surface area contributed by atoms with Crippen LogP contribution in [0.4, 0.5) is 9.18 Å². The van der Waals surface area contributed by atoms with Crippen molar-refractivity contribution in [2.24, 2.45) is 0 Å². The molecule has 3 aromatic rings. The zero-order chi connectivity index (χ0) is 26.5. The van der Waals surface area contributed by atoms with Crippen LogP contribution in [-0.2, 0) is 4.74 Å². The highest BCUT2D eigenvalue weighted by Crippen LogP contribution is 2.38. The van der Waals surface area contributed by atoms with Gasteiger partial charge in [0.05, 0.1) is 37.2 Å². The van der Waals surface area contributed by atoms with Gasteiger partial charge in [0, 0.05) is 29.8 Å². The summed E-state index contributed by atoms with van der Waals surface area (Å²) in [5.41, 5.74) is 2.87. The molecule has 2 atom stereocenters. The summed E-state index contributed by atoms with van der Waals surface area (Å²) < 4.78 is 28.0. The zero-order valence-electron chi connectivity index (χ0n) is 21.9. The number of aliphatic hydroxyl groups is 1. The molecule has 10 heteroatoms. The molecule has 1 amide bonds. The summed E-state index contributed by atoms with van der Waals surface area (Å²) in [6.07, 6.45) is 1.57. The number of rotatable bonds is 4. The molecule has 198 valence electrons. The molecule has 1 aliphatic carbocycles. The number of benzene rings is 1. The van der Waals surface area contributed by atoms with Crippen LogP contribution in [0.25, 0.3) is 16.7 Å². The minimum atomic E-state index is -1.22. The van der Waals surface area contributed by atoms with Gasteiger partial charge < -0.3 is 19.5 Å². The summed E-state index contributed by atoms with van der Waals surface area (Å²) in [6.45, 7) is 7.81. The first-order chi connectivity index (χ1) is 17.5. The topological polar surface area (TPSA) is 103 Å². The minimum absolute atomic E-state index is 0.00394. The van der Waals surface area contributed by atoms with E-state index in [0.29, 0.717) is 31.6 Å². The number of aryl methyl sites for hydroxylation is 1. The van der Waals surface area contributed by atoms with Crippen molar-refractivity contribution in [3.8, 4) is 11.8 Å². The van der Waals surface area contributed by atoms with E-state index in [1.165, 1.54) is 12.0 Å². The average molecular weight is 512 g/mol. The second-order valence-electron chi connectivity index (χ2n) is 11.1. The Morgan fingerprint density at radius 3 is 2.59 bits per heavy atom. The lowest BCUT2D eigenvalue weighted by atomic mass is 9.80. The zero-order valence-corrected chi connectivity index (χ0v) is 21.9. The molecule has 3 heterocycles. The molecule has 1 N–H and O–H groups in total. The Labute approximate surface area is 215 Å². The average Bonchev–Trinajstić information content (AvgIpc) is 3.22. The Bertz CT molecular complexity index is 1310. The van der Waals surface area contributed by atoms with Crippen LogP contribution < -0.4 is 4.74 Å². The quantitative estimate of drug-likeness (QED) is 0.553. The summed E-state index contributed by atoms with van der Waals surface area (Å²) in [6, 6.07) is 6.12. The van der Waals surface area contributed by atoms with Gasteiger partial charge in [0.15, 0.2) is 5.82 Å². The van der Waals surface area contributed by atoms with Crippen LogP contribution >= 0.6 is 0 Å². The maximum atomic E-state index is 15.5. The lowest BCUT2D eigenvalue weighted by molar-refractivity contribution is 0.0111. The number of hydrogen-bond acceptors (Lipinski definition) is 7. The second kappa shape index (κ2) is 9.55. The molecule has 1 saturated carbocycles. The second-order valence-corrected chi connectivity index (χ2v) is 11.1. The first-order valence-electron chi connectivity index (χ1n) is 12.7. The molecule has 0 spiro atoms. The number of nitrogens with zero attached hydrogens (tertiary/aromatic N) is 5. The van der Waals surface area contributed by atoms with E-state index in [9.17, 15) is 9.90 Å². The molecule has 1 aliphatic heterocycles. The molecular weight excluding hydrogens is 477 g/mol. The lowest BCUT2D eigenvalue weighted by Crippen LogP contribution is -2.46. The largest absolute Gasteiger partial charge is 0.467 e. The number of amides is 1. The predicted molar refractivity (Wildman–Crippen MR) is 136 cm³/mol. The SMILES string of the molecule is COc1nc(-n2ncc3cc(C)c(C4CCN(C(=O)OC(C)(C)C)CC4F)cc32)cc([C@H]2C[C@@H](O)C2)n1. The predicted octanol–water partition coefficient (Wildman–Crippen LogP) is 4.43. The van der Waals surface area contributed by atoms with Crippen molar-refractivity contribution in [3.05, 3.63) is 41.2 Å². The van der Waals surface area contributed by atoms with Crippen molar-refractivity contribution in [1.29, 1.82) is 0 Å². The van der Waals surface area contributed by atoms with Crippen molar-refractivity contribution in [3.63, 3.8) is 0 Å². The standard InChI is InChI=1S/C27H34FN5O4/c1-15-8-17-13-29-33(24-12-22(16-9-18(34)10-16)30-25(31-24)36-5)23(17)11-20(15)19-6-7-32(14-21(19)28)26(35)37-27(2,3)4/h8,11-13,16,18-19,21,34H,6-7,9-10,14H2,1-5H3/t16-,18+,19?,21?. The number of methoxy groups -OCH3 is 1. The molecule has 2 aliphatic rings. The van der Waals surface area contributed by atoms with E-state index < -0.39 is 17.9 Å².